The molecule has 1 saturated carbocycles. The van der Waals surface area contributed by atoms with Crippen molar-refractivity contribution in [3.8, 4) is 0 Å². The minimum atomic E-state index is -0.808. The summed E-state index contributed by atoms with van der Waals surface area (Å²) in [6.45, 7) is 2.20. The summed E-state index contributed by atoms with van der Waals surface area (Å²) in [7, 11) is 0. The normalized spacial score (nSPS) is 33.7. The fourth-order valence-corrected chi connectivity index (χ4v) is 3.97. The van der Waals surface area contributed by atoms with E-state index in [4.69, 9.17) is 4.74 Å². The molecule has 0 unspecified atom stereocenters. The van der Waals surface area contributed by atoms with Gasteiger partial charge < -0.3 is 14.7 Å². The van der Waals surface area contributed by atoms with Crippen LogP contribution in [0.4, 0.5) is 0 Å². The number of carboxylic acids is 1. The number of hydrogen-bond acceptors (Lipinski definition) is 4. The van der Waals surface area contributed by atoms with Crippen molar-refractivity contribution >= 4 is 11.9 Å². The van der Waals surface area contributed by atoms with Crippen LogP contribution in [0.3, 0.4) is 0 Å². The van der Waals surface area contributed by atoms with Crippen LogP contribution in [0.15, 0.2) is 0 Å². The maximum atomic E-state index is 12.6. The molecule has 3 fully saturated rings. The minimum Gasteiger partial charge on any atom is -0.480 e. The molecule has 1 amide bonds. The molecule has 3 rings (SSSR count). The van der Waals surface area contributed by atoms with E-state index in [1.807, 2.05) is 9.80 Å². The maximum Gasteiger partial charge on any atom is 0.320 e. The molecule has 0 aromatic heterocycles. The third-order valence-corrected chi connectivity index (χ3v) is 5.04. The molecular weight excluding hydrogens is 272 g/mol. The van der Waals surface area contributed by atoms with E-state index in [2.05, 4.69) is 0 Å². The van der Waals surface area contributed by atoms with E-state index in [9.17, 15) is 14.7 Å². The fraction of sp³-hybridized carbons (Fsp3) is 0.867. The molecule has 0 aromatic rings. The van der Waals surface area contributed by atoms with Crippen molar-refractivity contribution in [3.05, 3.63) is 0 Å². The Balaban J connectivity index is 1.62. The van der Waals surface area contributed by atoms with E-state index in [-0.39, 0.29) is 24.6 Å². The first kappa shape index (κ1) is 14.8. The quantitative estimate of drug-likeness (QED) is 0.830. The number of carbonyl (C=O) groups is 2. The van der Waals surface area contributed by atoms with Crippen LogP contribution in [0, 0.1) is 0 Å². The van der Waals surface area contributed by atoms with Gasteiger partial charge in [-0.15, -0.1) is 0 Å². The van der Waals surface area contributed by atoms with Crippen molar-refractivity contribution in [2.24, 2.45) is 0 Å². The molecule has 3 aliphatic rings. The molecule has 1 N–H and O–H groups in total. The Kier molecular flexibility index (Phi) is 4.45. The number of rotatable bonds is 3. The van der Waals surface area contributed by atoms with E-state index >= 15 is 0 Å². The number of hydrogen-bond donors (Lipinski definition) is 1. The van der Waals surface area contributed by atoms with Crippen molar-refractivity contribution in [1.82, 2.24) is 9.80 Å². The fourth-order valence-electron chi connectivity index (χ4n) is 3.97. The van der Waals surface area contributed by atoms with Gasteiger partial charge in [0, 0.05) is 6.54 Å². The van der Waals surface area contributed by atoms with Crippen molar-refractivity contribution in [3.63, 3.8) is 0 Å². The first-order valence-electron chi connectivity index (χ1n) is 8.05. The third kappa shape index (κ3) is 3.06. The number of morpholine rings is 1. The van der Waals surface area contributed by atoms with Gasteiger partial charge in [0.1, 0.15) is 6.04 Å². The first-order chi connectivity index (χ1) is 10.2. The van der Waals surface area contributed by atoms with Gasteiger partial charge in [-0.1, -0.05) is 12.8 Å². The lowest BCUT2D eigenvalue weighted by molar-refractivity contribution is -0.152. The summed E-state index contributed by atoms with van der Waals surface area (Å²) in [5, 5.41) is 9.21. The summed E-state index contributed by atoms with van der Waals surface area (Å²) in [6, 6.07) is -0.289. The molecule has 6 nitrogen and oxygen atoms in total. The van der Waals surface area contributed by atoms with Gasteiger partial charge in [-0.2, -0.15) is 0 Å². The van der Waals surface area contributed by atoms with E-state index in [0.29, 0.717) is 26.1 Å². The highest BCUT2D eigenvalue weighted by Gasteiger charge is 2.38. The second kappa shape index (κ2) is 6.32. The van der Waals surface area contributed by atoms with Crippen LogP contribution in [0.5, 0.6) is 0 Å². The highest BCUT2D eigenvalue weighted by Crippen LogP contribution is 2.29. The third-order valence-electron chi connectivity index (χ3n) is 5.04. The monoisotopic (exact) mass is 296 g/mol. The highest BCUT2D eigenvalue weighted by molar-refractivity contribution is 5.80. The van der Waals surface area contributed by atoms with Crippen molar-refractivity contribution in [2.75, 3.05) is 26.2 Å². The van der Waals surface area contributed by atoms with Crippen LogP contribution in [0.1, 0.15) is 38.5 Å². The van der Waals surface area contributed by atoms with Crippen LogP contribution >= 0.6 is 0 Å². The molecule has 0 bridgehead atoms. The summed E-state index contributed by atoms with van der Waals surface area (Å²) < 4.78 is 5.79. The van der Waals surface area contributed by atoms with Gasteiger partial charge in [0.15, 0.2) is 0 Å². The Morgan fingerprint density at radius 3 is 2.71 bits per heavy atom. The number of likely N-dealkylation sites (tertiary alicyclic amines) is 1. The van der Waals surface area contributed by atoms with Crippen LogP contribution in [0.25, 0.3) is 0 Å². The second-order valence-electron chi connectivity index (χ2n) is 6.31. The smallest absolute Gasteiger partial charge is 0.320 e. The summed E-state index contributed by atoms with van der Waals surface area (Å²) in [6.07, 6.45) is 6.07. The lowest BCUT2D eigenvalue weighted by atomic mass is 9.90. The average molecular weight is 296 g/mol. The van der Waals surface area contributed by atoms with Gasteiger partial charge in [-0.3, -0.25) is 14.5 Å². The number of carboxylic acid groups (broad SMARTS) is 1. The van der Waals surface area contributed by atoms with Gasteiger partial charge in [0.05, 0.1) is 25.3 Å². The maximum absolute atomic E-state index is 12.6. The van der Waals surface area contributed by atoms with E-state index in [0.717, 1.165) is 25.7 Å². The van der Waals surface area contributed by atoms with Crippen LogP contribution in [0.2, 0.25) is 0 Å². The lowest BCUT2D eigenvalue weighted by Crippen LogP contribution is -2.57. The topological polar surface area (TPSA) is 70.1 Å². The zero-order valence-corrected chi connectivity index (χ0v) is 12.4. The number of nitrogens with zero attached hydrogens (tertiary/aromatic N) is 2. The number of carbonyl (C=O) groups excluding carboxylic acids is 1. The van der Waals surface area contributed by atoms with Crippen LogP contribution < -0.4 is 0 Å². The Hall–Kier alpha value is -1.14. The molecule has 0 spiro atoms. The molecular formula is C15H24N2O4. The van der Waals surface area contributed by atoms with Crippen molar-refractivity contribution in [1.29, 1.82) is 0 Å². The van der Waals surface area contributed by atoms with E-state index in [1.54, 1.807) is 0 Å². The Bertz CT molecular complexity index is 412. The van der Waals surface area contributed by atoms with Gasteiger partial charge in [-0.25, -0.2) is 0 Å². The van der Waals surface area contributed by atoms with E-state index < -0.39 is 12.0 Å². The molecule has 6 heteroatoms. The minimum absolute atomic E-state index is 0.0725. The van der Waals surface area contributed by atoms with Crippen LogP contribution in [-0.4, -0.2) is 71.2 Å². The predicted molar refractivity (Wildman–Crippen MR) is 75.9 cm³/mol. The largest absolute Gasteiger partial charge is 0.480 e. The predicted octanol–water partition coefficient (Wildman–Crippen LogP) is 0.705. The second-order valence-corrected chi connectivity index (χ2v) is 6.31. The average Bonchev–Trinajstić information content (AvgIpc) is 2.95. The first-order valence-corrected chi connectivity index (χ1v) is 8.05. The summed E-state index contributed by atoms with van der Waals surface area (Å²) in [5.74, 6) is -0.735. The van der Waals surface area contributed by atoms with E-state index in [1.165, 1.54) is 6.42 Å². The Morgan fingerprint density at radius 2 is 1.90 bits per heavy atom. The summed E-state index contributed by atoms with van der Waals surface area (Å²) in [5.41, 5.74) is 0. The number of aliphatic carboxylic acids is 1. The summed E-state index contributed by atoms with van der Waals surface area (Å²) >= 11 is 0. The molecule has 118 valence electrons. The van der Waals surface area contributed by atoms with Gasteiger partial charge in [0.25, 0.3) is 0 Å². The molecule has 2 heterocycles. The molecule has 0 radical (unpaired) electrons. The van der Waals surface area contributed by atoms with Crippen molar-refractivity contribution in [2.45, 2.75) is 56.7 Å². The Labute approximate surface area is 125 Å². The number of fused-ring (bicyclic) bond motifs is 1. The molecule has 1 aliphatic carbocycles. The molecule has 3 atom stereocenters. The zero-order chi connectivity index (χ0) is 14.8. The number of amides is 1. The standard InChI is InChI=1S/C15H24N2O4/c18-14(10-16-7-3-5-12(16)15(19)20)17-8-9-21-13-6-2-1-4-11(13)17/h11-13H,1-10H2,(H,19,20)/t11-,12-,13+/m1/s1. The highest BCUT2D eigenvalue weighted by atomic mass is 16.5. The molecule has 2 aliphatic heterocycles. The lowest BCUT2D eigenvalue weighted by Gasteiger charge is -2.44. The summed E-state index contributed by atoms with van der Waals surface area (Å²) in [4.78, 5) is 27.6. The van der Waals surface area contributed by atoms with Crippen molar-refractivity contribution < 1.29 is 19.4 Å². The molecule has 2 saturated heterocycles. The van der Waals surface area contributed by atoms with Crippen LogP contribution in [-0.2, 0) is 14.3 Å². The molecule has 0 aromatic carbocycles. The number of ether oxygens (including phenoxy) is 1. The van der Waals surface area contributed by atoms with Gasteiger partial charge in [0.2, 0.25) is 5.91 Å². The van der Waals surface area contributed by atoms with Gasteiger partial charge in [-0.05, 0) is 32.2 Å². The Morgan fingerprint density at radius 1 is 1.10 bits per heavy atom. The van der Waals surface area contributed by atoms with Gasteiger partial charge >= 0.3 is 5.97 Å². The zero-order valence-electron chi connectivity index (χ0n) is 12.4. The molecule has 21 heavy (non-hydrogen) atoms. The SMILES string of the molecule is O=C(O)[C@H]1CCCN1CC(=O)N1CCO[C@H]2CCCC[C@H]21.